The van der Waals surface area contributed by atoms with Crippen molar-refractivity contribution in [2.45, 2.75) is 76.2 Å². The third-order valence-electron chi connectivity index (χ3n) is 7.81. The minimum Gasteiger partial charge on any atom is -0.453 e. The second-order valence-electron chi connectivity index (χ2n) is 9.62. The number of ether oxygens (including phenoxy) is 1. The number of hydrogen-bond donors (Lipinski definition) is 1. The van der Waals surface area contributed by atoms with Gasteiger partial charge in [0.2, 0.25) is 0 Å². The number of piperidine rings is 1. The van der Waals surface area contributed by atoms with E-state index in [9.17, 15) is 4.79 Å². The number of hydrogen-bond acceptors (Lipinski definition) is 5. The predicted octanol–water partition coefficient (Wildman–Crippen LogP) is 4.84. The van der Waals surface area contributed by atoms with Gasteiger partial charge >= 0.3 is 6.09 Å². The van der Waals surface area contributed by atoms with Crippen molar-refractivity contribution in [3.8, 4) is 0 Å². The fourth-order valence-corrected chi connectivity index (χ4v) is 6.29. The Labute approximate surface area is 227 Å². The standard InChI is InChI=1S/C25H35N5O2.3ClH/c1-17-27-23-16-28(25(31)32-2)12-11-24(23)30(17)21-14-19-8-9-20(15-21)29(19)13-10-22(26)18-6-4-3-5-7-18;;;/h3-7,19-22H,8-16,26H2,1-2H3;3*1H/t19-,20+,21?,22-;;;/m0.../s1. The van der Waals surface area contributed by atoms with Crippen LogP contribution in [-0.4, -0.2) is 57.7 Å². The van der Waals surface area contributed by atoms with Crippen molar-refractivity contribution < 1.29 is 9.53 Å². The SMILES string of the molecule is COC(=O)N1CCc2c(nc(C)n2C2C[C@H]3CC[C@@H](C2)N3CC[C@H](N)c2ccccc2)C1.Cl.Cl.Cl. The Balaban J connectivity index is 0.00000144. The van der Waals surface area contributed by atoms with Crippen molar-refractivity contribution in [2.75, 3.05) is 20.2 Å². The highest BCUT2D eigenvalue weighted by Gasteiger charge is 2.42. The molecule has 2 bridgehead atoms. The first-order valence-electron chi connectivity index (χ1n) is 12.0. The average molecular weight is 547 g/mol. The van der Waals surface area contributed by atoms with Gasteiger partial charge in [-0.15, -0.1) is 37.2 Å². The number of carbonyl (C=O) groups is 1. The molecule has 2 N–H and O–H groups in total. The van der Waals surface area contributed by atoms with Gasteiger partial charge in [0, 0.05) is 49.4 Å². The van der Waals surface area contributed by atoms with Gasteiger partial charge in [-0.1, -0.05) is 30.3 Å². The summed E-state index contributed by atoms with van der Waals surface area (Å²) >= 11 is 0. The Bertz CT molecular complexity index is 960. The lowest BCUT2D eigenvalue weighted by Gasteiger charge is -2.41. The third-order valence-corrected chi connectivity index (χ3v) is 7.81. The fourth-order valence-electron chi connectivity index (χ4n) is 6.29. The first-order chi connectivity index (χ1) is 15.5. The minimum absolute atomic E-state index is 0. The molecular formula is C25H38Cl3N5O2. The van der Waals surface area contributed by atoms with Gasteiger partial charge in [-0.25, -0.2) is 9.78 Å². The number of carbonyl (C=O) groups excluding carboxylic acids is 1. The topological polar surface area (TPSA) is 76.6 Å². The number of methoxy groups -OCH3 is 1. The largest absolute Gasteiger partial charge is 0.453 e. The Morgan fingerprint density at radius 2 is 1.77 bits per heavy atom. The molecule has 4 atom stereocenters. The van der Waals surface area contributed by atoms with Gasteiger partial charge in [-0.3, -0.25) is 4.90 Å². The van der Waals surface area contributed by atoms with E-state index in [0.29, 0.717) is 31.2 Å². The van der Waals surface area contributed by atoms with Crippen molar-refractivity contribution in [3.63, 3.8) is 0 Å². The summed E-state index contributed by atoms with van der Waals surface area (Å²) < 4.78 is 7.41. The van der Waals surface area contributed by atoms with Crippen LogP contribution in [0, 0.1) is 6.92 Å². The number of aryl methyl sites for hydroxylation is 1. The van der Waals surface area contributed by atoms with Gasteiger partial charge < -0.3 is 19.9 Å². The molecule has 2 aromatic rings. The van der Waals surface area contributed by atoms with E-state index in [4.69, 9.17) is 15.5 Å². The molecule has 196 valence electrons. The maximum Gasteiger partial charge on any atom is 0.409 e. The van der Waals surface area contributed by atoms with E-state index in [2.05, 4.69) is 40.7 Å². The summed E-state index contributed by atoms with van der Waals surface area (Å²) in [4.78, 5) is 21.3. The molecule has 0 spiro atoms. The number of rotatable bonds is 5. The molecule has 1 aromatic heterocycles. The van der Waals surface area contributed by atoms with Gasteiger partial charge in [0.25, 0.3) is 0 Å². The molecule has 0 aliphatic carbocycles. The highest BCUT2D eigenvalue weighted by Crippen LogP contribution is 2.42. The van der Waals surface area contributed by atoms with Gasteiger partial charge in [0.15, 0.2) is 0 Å². The highest BCUT2D eigenvalue weighted by molar-refractivity contribution is 5.86. The maximum absolute atomic E-state index is 12.0. The Morgan fingerprint density at radius 3 is 2.40 bits per heavy atom. The number of imidazole rings is 1. The molecule has 2 fully saturated rings. The maximum atomic E-state index is 12.0. The molecule has 0 saturated carbocycles. The molecule has 5 rings (SSSR count). The van der Waals surface area contributed by atoms with Gasteiger partial charge in [-0.2, -0.15) is 0 Å². The van der Waals surface area contributed by atoms with Crippen LogP contribution in [0.15, 0.2) is 30.3 Å². The Kier molecular flexibility index (Phi) is 10.7. The first-order valence-corrected chi connectivity index (χ1v) is 12.0. The summed E-state index contributed by atoms with van der Waals surface area (Å²) in [6.07, 6.45) is 6.53. The van der Waals surface area contributed by atoms with Gasteiger partial charge in [0.1, 0.15) is 5.82 Å². The van der Waals surface area contributed by atoms with E-state index in [0.717, 1.165) is 30.9 Å². The Hall–Kier alpha value is -1.51. The van der Waals surface area contributed by atoms with Crippen LogP contribution >= 0.6 is 37.2 Å². The van der Waals surface area contributed by atoms with Crippen molar-refractivity contribution in [1.29, 1.82) is 0 Å². The smallest absolute Gasteiger partial charge is 0.409 e. The van der Waals surface area contributed by atoms with E-state index < -0.39 is 0 Å². The molecule has 35 heavy (non-hydrogen) atoms. The summed E-state index contributed by atoms with van der Waals surface area (Å²) in [6, 6.07) is 12.3. The van der Waals surface area contributed by atoms with E-state index in [1.54, 1.807) is 4.90 Å². The molecule has 10 heteroatoms. The predicted molar refractivity (Wildman–Crippen MR) is 145 cm³/mol. The van der Waals surface area contributed by atoms with Crippen LogP contribution in [0.2, 0.25) is 0 Å². The zero-order valence-electron chi connectivity index (χ0n) is 20.5. The lowest BCUT2D eigenvalue weighted by molar-refractivity contribution is 0.100. The summed E-state index contributed by atoms with van der Waals surface area (Å²) in [6.45, 7) is 4.45. The third kappa shape index (κ3) is 5.91. The van der Waals surface area contributed by atoms with Crippen molar-refractivity contribution in [2.24, 2.45) is 5.73 Å². The normalized spacial score (nSPS) is 23.9. The molecule has 3 aliphatic rings. The fraction of sp³-hybridized carbons (Fsp3) is 0.600. The molecule has 2 saturated heterocycles. The van der Waals surface area contributed by atoms with Crippen molar-refractivity contribution in [1.82, 2.24) is 19.4 Å². The summed E-state index contributed by atoms with van der Waals surface area (Å²) in [5.41, 5.74) is 10.1. The molecule has 3 aliphatic heterocycles. The van der Waals surface area contributed by atoms with Crippen LogP contribution in [0.5, 0.6) is 0 Å². The number of nitrogens with zero attached hydrogens (tertiary/aromatic N) is 4. The van der Waals surface area contributed by atoms with Crippen molar-refractivity contribution in [3.05, 3.63) is 53.1 Å². The van der Waals surface area contributed by atoms with E-state index in [-0.39, 0.29) is 49.4 Å². The van der Waals surface area contributed by atoms with Gasteiger partial charge in [-0.05, 0) is 44.6 Å². The summed E-state index contributed by atoms with van der Waals surface area (Å²) in [5.74, 6) is 1.09. The van der Waals surface area contributed by atoms with Crippen LogP contribution in [-0.2, 0) is 17.7 Å². The zero-order valence-corrected chi connectivity index (χ0v) is 22.9. The monoisotopic (exact) mass is 545 g/mol. The van der Waals surface area contributed by atoms with Crippen LogP contribution in [0.4, 0.5) is 4.79 Å². The molecule has 1 amide bonds. The minimum atomic E-state index is -0.261. The van der Waals surface area contributed by atoms with Crippen LogP contribution in [0.25, 0.3) is 0 Å². The second-order valence-corrected chi connectivity index (χ2v) is 9.62. The lowest BCUT2D eigenvalue weighted by Crippen LogP contribution is -2.45. The molecule has 1 aromatic carbocycles. The van der Waals surface area contributed by atoms with Gasteiger partial charge in [0.05, 0.1) is 19.3 Å². The number of aromatic nitrogens is 2. The molecule has 0 radical (unpaired) electrons. The van der Waals surface area contributed by atoms with Crippen molar-refractivity contribution >= 4 is 43.3 Å². The number of halogens is 3. The summed E-state index contributed by atoms with van der Waals surface area (Å²) in [7, 11) is 1.44. The average Bonchev–Trinajstić information content (AvgIpc) is 3.27. The van der Waals surface area contributed by atoms with Crippen LogP contribution < -0.4 is 5.73 Å². The highest BCUT2D eigenvalue weighted by atomic mass is 35.5. The molecule has 4 heterocycles. The summed E-state index contributed by atoms with van der Waals surface area (Å²) in [5, 5.41) is 0. The number of nitrogens with two attached hydrogens (primary N) is 1. The zero-order chi connectivity index (χ0) is 22.2. The number of benzene rings is 1. The molecule has 1 unspecified atom stereocenters. The van der Waals surface area contributed by atoms with E-state index in [1.807, 2.05) is 6.07 Å². The lowest BCUT2D eigenvalue weighted by atomic mass is 9.95. The van der Waals surface area contributed by atoms with Crippen LogP contribution in [0.1, 0.15) is 67.0 Å². The quantitative estimate of drug-likeness (QED) is 0.581. The number of amides is 1. The number of fused-ring (bicyclic) bond motifs is 3. The second kappa shape index (κ2) is 12.6. The first kappa shape index (κ1) is 29.7. The molecular weight excluding hydrogens is 509 g/mol. The van der Waals surface area contributed by atoms with E-state index >= 15 is 0 Å². The molecule has 7 nitrogen and oxygen atoms in total. The van der Waals surface area contributed by atoms with Crippen LogP contribution in [0.3, 0.4) is 0 Å². The Morgan fingerprint density at radius 1 is 1.11 bits per heavy atom. The van der Waals surface area contributed by atoms with E-state index in [1.165, 1.54) is 44.1 Å².